The molecule has 12 heteroatoms. The molecule has 0 aromatic heterocycles. The molecule has 37 heavy (non-hydrogen) atoms. The first-order valence-corrected chi connectivity index (χ1v) is 12.9. The predicted octanol–water partition coefficient (Wildman–Crippen LogP) is 4.65. The van der Waals surface area contributed by atoms with Crippen molar-refractivity contribution in [2.45, 2.75) is 24.9 Å². The number of sulfonamides is 1. The van der Waals surface area contributed by atoms with E-state index >= 15 is 0 Å². The second-order valence-corrected chi connectivity index (χ2v) is 10.2. The molecule has 1 amide bonds. The van der Waals surface area contributed by atoms with Crippen LogP contribution in [0.25, 0.3) is 0 Å². The Labute approximate surface area is 211 Å². The van der Waals surface area contributed by atoms with Gasteiger partial charge in [-0.2, -0.15) is 13.2 Å². The molecule has 3 rings (SSSR count). The first-order valence-electron chi connectivity index (χ1n) is 11.0. The van der Waals surface area contributed by atoms with E-state index in [4.69, 9.17) is 5.73 Å². The number of carbonyl (C=O) groups is 1. The number of benzene rings is 3. The first kappa shape index (κ1) is 27.8. The molecule has 0 bridgehead atoms. The number of nitrogens with two attached hydrogens (primary N) is 1. The second kappa shape index (κ2) is 11.1. The SMILES string of the molecule is CS(=O)(=O)Nc1ccc(C(CCc2ccc(C(F)(F)F)cc2N)CNC(=O)c2ccccc2O)cc1F. The van der Waals surface area contributed by atoms with Crippen molar-refractivity contribution in [2.24, 2.45) is 0 Å². The highest BCUT2D eigenvalue weighted by atomic mass is 32.2. The van der Waals surface area contributed by atoms with Gasteiger partial charge in [0.05, 0.1) is 23.1 Å². The Morgan fingerprint density at radius 1 is 1.08 bits per heavy atom. The molecule has 0 aliphatic carbocycles. The number of alkyl halides is 3. The number of hydrogen-bond acceptors (Lipinski definition) is 5. The van der Waals surface area contributed by atoms with E-state index in [2.05, 4.69) is 10.0 Å². The summed E-state index contributed by atoms with van der Waals surface area (Å²) in [5.41, 5.74) is 5.55. The van der Waals surface area contributed by atoms with Crippen LogP contribution >= 0.6 is 0 Å². The molecule has 0 saturated carbocycles. The molecule has 5 N–H and O–H groups in total. The molecule has 3 aromatic rings. The van der Waals surface area contributed by atoms with Gasteiger partial charge >= 0.3 is 6.18 Å². The molecular formula is C25H25F4N3O4S. The van der Waals surface area contributed by atoms with Gasteiger partial charge in [-0.1, -0.05) is 24.3 Å². The third-order valence-electron chi connectivity index (χ3n) is 5.65. The van der Waals surface area contributed by atoms with Crippen LogP contribution in [0.5, 0.6) is 5.75 Å². The van der Waals surface area contributed by atoms with E-state index in [0.717, 1.165) is 24.5 Å². The van der Waals surface area contributed by atoms with Crippen LogP contribution in [0.15, 0.2) is 60.7 Å². The number of rotatable bonds is 9. The van der Waals surface area contributed by atoms with Crippen LogP contribution in [0.2, 0.25) is 0 Å². The summed E-state index contributed by atoms with van der Waals surface area (Å²) in [6, 6.07) is 12.8. The number of carbonyl (C=O) groups excluding carboxylic acids is 1. The molecule has 0 saturated heterocycles. The van der Waals surface area contributed by atoms with Gasteiger partial charge in [0.2, 0.25) is 10.0 Å². The number of aryl methyl sites for hydroxylation is 1. The number of aromatic hydroxyl groups is 1. The third kappa shape index (κ3) is 7.59. The van der Waals surface area contributed by atoms with Crippen molar-refractivity contribution < 1.29 is 35.9 Å². The van der Waals surface area contributed by atoms with Crippen molar-refractivity contribution in [3.05, 3.63) is 88.7 Å². The van der Waals surface area contributed by atoms with Gasteiger partial charge in [0.15, 0.2) is 0 Å². The molecule has 1 atom stereocenters. The zero-order valence-corrected chi connectivity index (χ0v) is 20.5. The normalized spacial score (nSPS) is 12.7. The number of halogens is 4. The second-order valence-electron chi connectivity index (χ2n) is 8.49. The van der Waals surface area contributed by atoms with Gasteiger partial charge in [-0.05, 0) is 60.4 Å². The molecule has 3 aromatic carbocycles. The fraction of sp³-hybridized carbons (Fsp3) is 0.240. The molecule has 7 nitrogen and oxygen atoms in total. The monoisotopic (exact) mass is 539 g/mol. The highest BCUT2D eigenvalue weighted by Gasteiger charge is 2.30. The molecule has 198 valence electrons. The summed E-state index contributed by atoms with van der Waals surface area (Å²) in [7, 11) is -3.72. The summed E-state index contributed by atoms with van der Waals surface area (Å²) >= 11 is 0. The van der Waals surface area contributed by atoms with Crippen molar-refractivity contribution in [1.29, 1.82) is 0 Å². The van der Waals surface area contributed by atoms with Crippen molar-refractivity contribution in [2.75, 3.05) is 23.3 Å². The quantitative estimate of drug-likeness (QED) is 0.233. The average molecular weight is 540 g/mol. The third-order valence-corrected chi connectivity index (χ3v) is 6.24. The molecule has 1 unspecified atom stereocenters. The van der Waals surface area contributed by atoms with E-state index in [9.17, 15) is 35.9 Å². The summed E-state index contributed by atoms with van der Waals surface area (Å²) in [6.07, 6.45) is -3.19. The van der Waals surface area contributed by atoms with E-state index in [1.54, 1.807) is 12.1 Å². The van der Waals surface area contributed by atoms with Crippen LogP contribution in [0.1, 0.15) is 39.4 Å². The number of phenolic OH excluding ortho intramolecular Hbond substituents is 1. The number of nitrogens with one attached hydrogen (secondary N) is 2. The Bertz CT molecular complexity index is 1390. The lowest BCUT2D eigenvalue weighted by molar-refractivity contribution is -0.137. The Morgan fingerprint density at radius 2 is 1.78 bits per heavy atom. The van der Waals surface area contributed by atoms with Gasteiger partial charge in [0, 0.05) is 18.2 Å². The van der Waals surface area contributed by atoms with E-state index in [1.165, 1.54) is 30.3 Å². The van der Waals surface area contributed by atoms with Crippen molar-refractivity contribution in [3.8, 4) is 5.75 Å². The molecule has 0 aliphatic heterocycles. The molecule has 0 radical (unpaired) electrons. The summed E-state index contributed by atoms with van der Waals surface area (Å²) in [6.45, 7) is -0.00794. The van der Waals surface area contributed by atoms with Crippen molar-refractivity contribution >= 4 is 27.3 Å². The highest BCUT2D eigenvalue weighted by molar-refractivity contribution is 7.92. The minimum Gasteiger partial charge on any atom is -0.507 e. The van der Waals surface area contributed by atoms with Gasteiger partial charge in [0.1, 0.15) is 11.6 Å². The Morgan fingerprint density at radius 3 is 2.38 bits per heavy atom. The zero-order valence-electron chi connectivity index (χ0n) is 19.6. The maximum absolute atomic E-state index is 14.7. The number of amides is 1. The number of anilines is 2. The van der Waals surface area contributed by atoms with Gasteiger partial charge < -0.3 is 16.2 Å². The average Bonchev–Trinajstić information content (AvgIpc) is 2.80. The topological polar surface area (TPSA) is 122 Å². The smallest absolute Gasteiger partial charge is 0.416 e. The van der Waals surface area contributed by atoms with Crippen LogP contribution in [0.4, 0.5) is 28.9 Å². The van der Waals surface area contributed by atoms with Crippen LogP contribution in [-0.2, 0) is 22.6 Å². The summed E-state index contributed by atoms with van der Waals surface area (Å²) in [5, 5.41) is 12.6. The largest absolute Gasteiger partial charge is 0.507 e. The molecular weight excluding hydrogens is 514 g/mol. The molecule has 0 heterocycles. The standard InChI is InChI=1S/C25H25F4N3O4S/c1-37(35,36)32-22-11-9-16(12-20(22)26)17(14-31-24(34)19-4-2-3-5-23(19)33)7-6-15-8-10-18(13-21(15)30)25(27,28)29/h2-5,8-13,17,32-33H,6-7,14,30H2,1H3,(H,31,34). The van der Waals surface area contributed by atoms with Gasteiger partial charge in [-0.3, -0.25) is 9.52 Å². The fourth-order valence-electron chi connectivity index (χ4n) is 3.76. The fourth-order valence-corrected chi connectivity index (χ4v) is 4.32. The lowest BCUT2D eigenvalue weighted by atomic mass is 9.91. The van der Waals surface area contributed by atoms with Crippen LogP contribution in [-0.4, -0.2) is 32.2 Å². The van der Waals surface area contributed by atoms with Crippen LogP contribution in [0.3, 0.4) is 0 Å². The summed E-state index contributed by atoms with van der Waals surface area (Å²) in [5.74, 6) is -2.17. The number of nitrogen functional groups attached to an aromatic ring is 1. The molecule has 0 fully saturated rings. The minimum absolute atomic E-state index is 0.00794. The van der Waals surface area contributed by atoms with E-state index < -0.39 is 39.4 Å². The maximum Gasteiger partial charge on any atom is 0.416 e. The van der Waals surface area contributed by atoms with E-state index in [1.807, 2.05) is 0 Å². The lowest BCUT2D eigenvalue weighted by Gasteiger charge is -2.20. The Kier molecular flexibility index (Phi) is 8.32. The summed E-state index contributed by atoms with van der Waals surface area (Å²) < 4.78 is 78.5. The van der Waals surface area contributed by atoms with Crippen LogP contribution < -0.4 is 15.8 Å². The van der Waals surface area contributed by atoms with Gasteiger partial charge in [0.25, 0.3) is 5.91 Å². The van der Waals surface area contributed by atoms with Gasteiger partial charge in [-0.25, -0.2) is 12.8 Å². The first-order chi connectivity index (χ1) is 17.2. The number of para-hydroxylation sites is 1. The highest BCUT2D eigenvalue weighted by Crippen LogP contribution is 2.33. The Balaban J connectivity index is 1.84. The molecule has 0 aliphatic rings. The van der Waals surface area contributed by atoms with E-state index in [0.29, 0.717) is 11.1 Å². The summed E-state index contributed by atoms with van der Waals surface area (Å²) in [4.78, 5) is 12.6. The Hall–Kier alpha value is -3.80. The zero-order chi connectivity index (χ0) is 27.4. The molecule has 0 spiro atoms. The van der Waals surface area contributed by atoms with E-state index in [-0.39, 0.29) is 42.1 Å². The number of hydrogen-bond donors (Lipinski definition) is 4. The lowest BCUT2D eigenvalue weighted by Crippen LogP contribution is -2.29. The number of phenols is 1. The van der Waals surface area contributed by atoms with Crippen molar-refractivity contribution in [3.63, 3.8) is 0 Å². The van der Waals surface area contributed by atoms with Gasteiger partial charge in [-0.15, -0.1) is 0 Å². The predicted molar refractivity (Wildman–Crippen MR) is 132 cm³/mol. The minimum atomic E-state index is -4.54. The van der Waals surface area contributed by atoms with Crippen LogP contribution in [0, 0.1) is 5.82 Å². The maximum atomic E-state index is 14.7. The van der Waals surface area contributed by atoms with Crippen molar-refractivity contribution in [1.82, 2.24) is 5.32 Å².